The Kier molecular flexibility index (Phi) is 4.04. The van der Waals surface area contributed by atoms with E-state index in [0.29, 0.717) is 16.6 Å². The van der Waals surface area contributed by atoms with Crippen LogP contribution in [0.2, 0.25) is 0 Å². The van der Waals surface area contributed by atoms with Gasteiger partial charge in [0, 0.05) is 31.4 Å². The van der Waals surface area contributed by atoms with Crippen molar-refractivity contribution in [3.8, 4) is 0 Å². The zero-order valence-electron chi connectivity index (χ0n) is 13.2. The number of benzene rings is 2. The second-order valence-electron chi connectivity index (χ2n) is 5.55. The first-order valence-corrected chi connectivity index (χ1v) is 7.32. The molecule has 1 aromatic heterocycles. The molecule has 0 aliphatic heterocycles. The Morgan fingerprint density at radius 2 is 1.96 bits per heavy atom. The highest BCUT2D eigenvalue weighted by atomic mass is 19.1. The SMILES string of the molecule is CN(C)c1ccc2ncc(C(=O)O)c(Nc3ccccc3F)c2c1. The summed E-state index contributed by atoms with van der Waals surface area (Å²) in [5.41, 5.74) is 2.04. The molecule has 0 atom stereocenters. The summed E-state index contributed by atoms with van der Waals surface area (Å²) in [6.45, 7) is 0. The lowest BCUT2D eigenvalue weighted by Crippen LogP contribution is -2.09. The lowest BCUT2D eigenvalue weighted by Gasteiger charge is -2.16. The molecule has 0 aliphatic carbocycles. The van der Waals surface area contributed by atoms with E-state index in [4.69, 9.17) is 0 Å². The van der Waals surface area contributed by atoms with E-state index in [0.717, 1.165) is 5.69 Å². The van der Waals surface area contributed by atoms with Crippen molar-refractivity contribution < 1.29 is 14.3 Å². The Morgan fingerprint density at radius 3 is 2.62 bits per heavy atom. The molecule has 2 aromatic carbocycles. The monoisotopic (exact) mass is 325 g/mol. The number of carbonyl (C=O) groups is 1. The van der Waals surface area contributed by atoms with E-state index in [2.05, 4.69) is 10.3 Å². The van der Waals surface area contributed by atoms with Crippen LogP contribution in [-0.4, -0.2) is 30.2 Å². The molecule has 0 unspecified atom stereocenters. The lowest BCUT2D eigenvalue weighted by molar-refractivity contribution is 0.0697. The van der Waals surface area contributed by atoms with Crippen LogP contribution in [0.3, 0.4) is 0 Å². The van der Waals surface area contributed by atoms with Crippen LogP contribution in [0, 0.1) is 5.82 Å². The van der Waals surface area contributed by atoms with Crippen molar-refractivity contribution in [3.05, 3.63) is 60.0 Å². The average Bonchev–Trinajstić information content (AvgIpc) is 2.56. The van der Waals surface area contributed by atoms with Gasteiger partial charge < -0.3 is 15.3 Å². The van der Waals surface area contributed by atoms with Gasteiger partial charge in [0.1, 0.15) is 11.4 Å². The zero-order chi connectivity index (χ0) is 17.3. The number of hydrogen-bond acceptors (Lipinski definition) is 4. The number of rotatable bonds is 4. The number of para-hydroxylation sites is 1. The number of aromatic nitrogens is 1. The number of pyridine rings is 1. The summed E-state index contributed by atoms with van der Waals surface area (Å²) in [7, 11) is 3.78. The van der Waals surface area contributed by atoms with Crippen LogP contribution in [0.1, 0.15) is 10.4 Å². The van der Waals surface area contributed by atoms with Crippen LogP contribution < -0.4 is 10.2 Å². The molecule has 0 spiro atoms. The smallest absolute Gasteiger partial charge is 0.339 e. The van der Waals surface area contributed by atoms with Crippen molar-refractivity contribution >= 4 is 33.9 Å². The Balaban J connectivity index is 2.25. The second kappa shape index (κ2) is 6.16. The van der Waals surface area contributed by atoms with E-state index < -0.39 is 11.8 Å². The molecule has 0 saturated carbocycles. The molecule has 0 bridgehead atoms. The molecule has 6 heteroatoms. The van der Waals surface area contributed by atoms with Crippen LogP contribution in [0.4, 0.5) is 21.5 Å². The van der Waals surface area contributed by atoms with Gasteiger partial charge >= 0.3 is 5.97 Å². The minimum absolute atomic E-state index is 0.0124. The summed E-state index contributed by atoms with van der Waals surface area (Å²) in [4.78, 5) is 17.7. The summed E-state index contributed by atoms with van der Waals surface area (Å²) < 4.78 is 14.0. The fourth-order valence-corrected chi connectivity index (χ4v) is 2.45. The average molecular weight is 325 g/mol. The molecule has 2 N–H and O–H groups in total. The maximum absolute atomic E-state index is 14.0. The van der Waals surface area contributed by atoms with Gasteiger partial charge in [-0.2, -0.15) is 0 Å². The zero-order valence-corrected chi connectivity index (χ0v) is 13.2. The highest BCUT2D eigenvalue weighted by Crippen LogP contribution is 2.32. The molecule has 0 fully saturated rings. The molecular weight excluding hydrogens is 309 g/mol. The molecule has 0 aliphatic rings. The summed E-state index contributed by atoms with van der Waals surface area (Å²) >= 11 is 0. The number of fused-ring (bicyclic) bond motifs is 1. The first-order chi connectivity index (χ1) is 11.5. The largest absolute Gasteiger partial charge is 0.478 e. The normalized spacial score (nSPS) is 10.6. The molecule has 122 valence electrons. The van der Waals surface area contributed by atoms with Crippen LogP contribution in [-0.2, 0) is 0 Å². The Morgan fingerprint density at radius 1 is 1.21 bits per heavy atom. The number of aromatic carboxylic acids is 1. The van der Waals surface area contributed by atoms with Gasteiger partial charge in [-0.1, -0.05) is 12.1 Å². The molecule has 24 heavy (non-hydrogen) atoms. The first-order valence-electron chi connectivity index (χ1n) is 7.32. The Labute approximate surface area is 138 Å². The highest BCUT2D eigenvalue weighted by Gasteiger charge is 2.16. The van der Waals surface area contributed by atoms with Gasteiger partial charge in [-0.15, -0.1) is 0 Å². The van der Waals surface area contributed by atoms with E-state index in [9.17, 15) is 14.3 Å². The number of carboxylic acid groups (broad SMARTS) is 1. The quantitative estimate of drug-likeness (QED) is 0.762. The van der Waals surface area contributed by atoms with Crippen LogP contribution in [0.5, 0.6) is 0 Å². The molecule has 0 radical (unpaired) electrons. The predicted octanol–water partition coefficient (Wildman–Crippen LogP) is 3.88. The third-order valence-electron chi connectivity index (χ3n) is 3.73. The van der Waals surface area contributed by atoms with E-state index in [1.807, 2.05) is 37.2 Å². The predicted molar refractivity (Wildman–Crippen MR) is 92.7 cm³/mol. The Bertz CT molecular complexity index is 925. The third-order valence-corrected chi connectivity index (χ3v) is 3.73. The number of halogens is 1. The van der Waals surface area contributed by atoms with Crippen molar-refractivity contribution in [3.63, 3.8) is 0 Å². The molecule has 1 heterocycles. The number of hydrogen-bond donors (Lipinski definition) is 2. The maximum Gasteiger partial charge on any atom is 0.339 e. The van der Waals surface area contributed by atoms with Gasteiger partial charge in [0.15, 0.2) is 0 Å². The summed E-state index contributed by atoms with van der Waals surface area (Å²) in [6.07, 6.45) is 1.28. The molecule has 3 aromatic rings. The van der Waals surface area contributed by atoms with Crippen molar-refractivity contribution in [1.82, 2.24) is 4.98 Å². The van der Waals surface area contributed by atoms with E-state index >= 15 is 0 Å². The molecule has 0 saturated heterocycles. The summed E-state index contributed by atoms with van der Waals surface area (Å²) in [5.74, 6) is -1.58. The number of nitrogens with one attached hydrogen (secondary N) is 1. The Hall–Kier alpha value is -3.15. The van der Waals surface area contributed by atoms with Gasteiger partial charge in [-0.05, 0) is 30.3 Å². The number of carboxylic acids is 1. The van der Waals surface area contributed by atoms with Gasteiger partial charge in [0.2, 0.25) is 0 Å². The fourth-order valence-electron chi connectivity index (χ4n) is 2.45. The molecule has 5 nitrogen and oxygen atoms in total. The van der Waals surface area contributed by atoms with E-state index in [1.54, 1.807) is 18.2 Å². The van der Waals surface area contributed by atoms with Gasteiger partial charge in [-0.25, -0.2) is 9.18 Å². The molecule has 3 rings (SSSR count). The first kappa shape index (κ1) is 15.7. The highest BCUT2D eigenvalue weighted by molar-refractivity contribution is 6.06. The molecule has 0 amide bonds. The van der Waals surface area contributed by atoms with E-state index in [1.165, 1.54) is 12.3 Å². The standard InChI is InChI=1S/C18H16FN3O2/c1-22(2)11-7-8-15-12(9-11)17(13(10-20-15)18(23)24)21-16-6-4-3-5-14(16)19/h3-10H,1-2H3,(H,20,21)(H,23,24). The molecular formula is C18H16FN3O2. The topological polar surface area (TPSA) is 65.5 Å². The lowest BCUT2D eigenvalue weighted by atomic mass is 10.1. The fraction of sp³-hybridized carbons (Fsp3) is 0.111. The van der Waals surface area contributed by atoms with Crippen molar-refractivity contribution in [2.75, 3.05) is 24.3 Å². The van der Waals surface area contributed by atoms with Gasteiger partial charge in [0.25, 0.3) is 0 Å². The summed E-state index contributed by atoms with van der Waals surface area (Å²) in [5, 5.41) is 13.0. The van der Waals surface area contributed by atoms with Gasteiger partial charge in [0.05, 0.1) is 16.9 Å². The second-order valence-corrected chi connectivity index (χ2v) is 5.55. The number of nitrogens with zero attached hydrogens (tertiary/aromatic N) is 2. The number of anilines is 3. The van der Waals surface area contributed by atoms with Gasteiger partial charge in [-0.3, -0.25) is 4.98 Å². The summed E-state index contributed by atoms with van der Waals surface area (Å²) in [6, 6.07) is 11.7. The third kappa shape index (κ3) is 2.86. The van der Waals surface area contributed by atoms with Crippen molar-refractivity contribution in [1.29, 1.82) is 0 Å². The van der Waals surface area contributed by atoms with Crippen LogP contribution >= 0.6 is 0 Å². The van der Waals surface area contributed by atoms with E-state index in [-0.39, 0.29) is 11.3 Å². The minimum atomic E-state index is -1.13. The van der Waals surface area contributed by atoms with Crippen molar-refractivity contribution in [2.24, 2.45) is 0 Å². The van der Waals surface area contributed by atoms with Crippen LogP contribution in [0.25, 0.3) is 10.9 Å². The maximum atomic E-state index is 14.0. The minimum Gasteiger partial charge on any atom is -0.478 e. The van der Waals surface area contributed by atoms with Crippen molar-refractivity contribution in [2.45, 2.75) is 0 Å². The van der Waals surface area contributed by atoms with Crippen LogP contribution in [0.15, 0.2) is 48.7 Å².